The number of benzene rings is 2. The summed E-state index contributed by atoms with van der Waals surface area (Å²) in [6.07, 6.45) is 0. The van der Waals surface area contributed by atoms with E-state index in [0.717, 1.165) is 12.1 Å². The highest BCUT2D eigenvalue weighted by Gasteiger charge is 2.19. The molecule has 2 aromatic rings. The van der Waals surface area contributed by atoms with Gasteiger partial charge in [-0.2, -0.15) is 0 Å². The Morgan fingerprint density at radius 2 is 1.70 bits per heavy atom. The van der Waals surface area contributed by atoms with Crippen molar-refractivity contribution < 1.29 is 23.4 Å². The molecule has 0 heterocycles. The highest BCUT2D eigenvalue weighted by molar-refractivity contribution is 5.94. The van der Waals surface area contributed by atoms with Crippen molar-refractivity contribution in [2.24, 2.45) is 0 Å². The van der Waals surface area contributed by atoms with E-state index in [1.54, 1.807) is 26.0 Å². The molecule has 0 saturated heterocycles. The van der Waals surface area contributed by atoms with Crippen LogP contribution in [0.2, 0.25) is 0 Å². The van der Waals surface area contributed by atoms with Crippen LogP contribution in [0.3, 0.4) is 0 Å². The zero-order valence-corrected chi connectivity index (χ0v) is 12.8. The van der Waals surface area contributed by atoms with E-state index in [0.29, 0.717) is 11.3 Å². The fraction of sp³-hybridized carbons (Fsp3) is 0.235. The summed E-state index contributed by atoms with van der Waals surface area (Å²) in [7, 11) is 0. The van der Waals surface area contributed by atoms with Crippen molar-refractivity contribution >= 4 is 5.91 Å². The Bertz CT molecular complexity index is 699. The summed E-state index contributed by atoms with van der Waals surface area (Å²) in [4.78, 5) is 12.0. The Hall–Kier alpha value is -2.47. The highest BCUT2D eigenvalue weighted by atomic mass is 19.2. The number of aliphatic hydroxyl groups is 1. The molecule has 2 rings (SSSR count). The van der Waals surface area contributed by atoms with Crippen molar-refractivity contribution in [3.8, 4) is 11.5 Å². The van der Waals surface area contributed by atoms with Crippen molar-refractivity contribution in [3.63, 3.8) is 0 Å². The van der Waals surface area contributed by atoms with E-state index >= 15 is 0 Å². The summed E-state index contributed by atoms with van der Waals surface area (Å²) in [5.41, 5.74) is -0.332. The van der Waals surface area contributed by atoms with Gasteiger partial charge < -0.3 is 15.2 Å². The van der Waals surface area contributed by atoms with E-state index in [9.17, 15) is 13.6 Å². The van der Waals surface area contributed by atoms with Gasteiger partial charge in [0.1, 0.15) is 11.5 Å². The van der Waals surface area contributed by atoms with Crippen molar-refractivity contribution in [1.29, 1.82) is 0 Å². The predicted octanol–water partition coefficient (Wildman–Crippen LogP) is 3.26. The van der Waals surface area contributed by atoms with E-state index in [1.165, 1.54) is 18.2 Å². The molecule has 0 aromatic heterocycles. The lowest BCUT2D eigenvalue weighted by Crippen LogP contribution is -2.46. The Morgan fingerprint density at radius 1 is 1.09 bits per heavy atom. The number of rotatable bonds is 5. The van der Waals surface area contributed by atoms with Gasteiger partial charge in [0.25, 0.3) is 5.91 Å². The number of hydrogen-bond donors (Lipinski definition) is 2. The number of ether oxygens (including phenoxy) is 1. The van der Waals surface area contributed by atoms with Gasteiger partial charge in [0.2, 0.25) is 0 Å². The summed E-state index contributed by atoms with van der Waals surface area (Å²) >= 11 is 0. The first-order valence-corrected chi connectivity index (χ1v) is 6.97. The van der Waals surface area contributed by atoms with Gasteiger partial charge in [0.05, 0.1) is 12.1 Å². The Morgan fingerprint density at radius 3 is 2.26 bits per heavy atom. The molecule has 0 spiro atoms. The SMILES string of the molecule is CC(C)(CO)NC(=O)c1ccc(Oc2ccc(F)c(F)c2)cc1. The number of carbonyl (C=O) groups is 1. The van der Waals surface area contributed by atoms with Gasteiger partial charge >= 0.3 is 0 Å². The number of amides is 1. The molecule has 0 aliphatic carbocycles. The molecular weight excluding hydrogens is 304 g/mol. The molecule has 1 amide bonds. The minimum absolute atomic E-state index is 0.155. The molecule has 122 valence electrons. The maximum atomic E-state index is 13.1. The molecular formula is C17H17F2NO3. The van der Waals surface area contributed by atoms with E-state index < -0.39 is 17.2 Å². The van der Waals surface area contributed by atoms with Crippen LogP contribution in [-0.2, 0) is 0 Å². The van der Waals surface area contributed by atoms with Crippen LogP contribution in [0.25, 0.3) is 0 Å². The second-order valence-electron chi connectivity index (χ2n) is 5.70. The van der Waals surface area contributed by atoms with Crippen LogP contribution in [0, 0.1) is 11.6 Å². The van der Waals surface area contributed by atoms with E-state index in [2.05, 4.69) is 5.32 Å². The van der Waals surface area contributed by atoms with Crippen LogP contribution in [0.1, 0.15) is 24.2 Å². The summed E-state index contributed by atoms with van der Waals surface area (Å²) in [6, 6.07) is 9.40. The molecule has 0 aliphatic rings. The van der Waals surface area contributed by atoms with Crippen LogP contribution in [0.4, 0.5) is 8.78 Å². The van der Waals surface area contributed by atoms with Gasteiger partial charge in [-0.3, -0.25) is 4.79 Å². The van der Waals surface area contributed by atoms with E-state index in [4.69, 9.17) is 9.84 Å². The molecule has 2 N–H and O–H groups in total. The maximum Gasteiger partial charge on any atom is 0.251 e. The zero-order chi connectivity index (χ0) is 17.0. The first-order valence-electron chi connectivity index (χ1n) is 6.97. The normalized spacial score (nSPS) is 11.2. The number of nitrogens with one attached hydrogen (secondary N) is 1. The van der Waals surface area contributed by atoms with Gasteiger partial charge in [-0.1, -0.05) is 0 Å². The van der Waals surface area contributed by atoms with Gasteiger partial charge in [-0.15, -0.1) is 0 Å². The monoisotopic (exact) mass is 321 g/mol. The van der Waals surface area contributed by atoms with Crippen LogP contribution in [-0.4, -0.2) is 23.2 Å². The average molecular weight is 321 g/mol. The molecule has 0 bridgehead atoms. The summed E-state index contributed by atoms with van der Waals surface area (Å²) in [5, 5.41) is 11.8. The zero-order valence-electron chi connectivity index (χ0n) is 12.8. The molecule has 0 fully saturated rings. The number of carbonyl (C=O) groups excluding carboxylic acids is 1. The van der Waals surface area contributed by atoms with Crippen LogP contribution >= 0.6 is 0 Å². The van der Waals surface area contributed by atoms with Gasteiger partial charge in [-0.05, 0) is 50.2 Å². The third-order valence-corrected chi connectivity index (χ3v) is 3.09. The largest absolute Gasteiger partial charge is 0.457 e. The summed E-state index contributed by atoms with van der Waals surface area (Å²) in [5.74, 6) is -1.74. The van der Waals surface area contributed by atoms with E-state index in [1.807, 2.05) is 0 Å². The second-order valence-corrected chi connectivity index (χ2v) is 5.70. The average Bonchev–Trinajstić information content (AvgIpc) is 2.51. The molecule has 2 aromatic carbocycles. The lowest BCUT2D eigenvalue weighted by Gasteiger charge is -2.23. The van der Waals surface area contributed by atoms with Crippen molar-refractivity contribution in [3.05, 3.63) is 59.7 Å². The molecule has 0 atom stereocenters. The van der Waals surface area contributed by atoms with Crippen LogP contribution in [0.5, 0.6) is 11.5 Å². The Kier molecular flexibility index (Phi) is 4.95. The second kappa shape index (κ2) is 6.75. The third kappa shape index (κ3) is 4.50. The molecule has 4 nitrogen and oxygen atoms in total. The molecule has 0 aliphatic heterocycles. The Balaban J connectivity index is 2.07. The van der Waals surface area contributed by atoms with Gasteiger partial charge in [-0.25, -0.2) is 8.78 Å². The quantitative estimate of drug-likeness (QED) is 0.889. The fourth-order valence-corrected chi connectivity index (χ4v) is 1.77. The first-order chi connectivity index (χ1) is 10.8. The lowest BCUT2D eigenvalue weighted by molar-refractivity contribution is 0.0869. The number of hydrogen-bond acceptors (Lipinski definition) is 3. The van der Waals surface area contributed by atoms with Crippen LogP contribution < -0.4 is 10.1 Å². The molecule has 0 unspecified atom stereocenters. The first kappa shape index (κ1) is 16.9. The van der Waals surface area contributed by atoms with Gasteiger partial charge in [0, 0.05) is 11.6 Å². The minimum atomic E-state index is -0.996. The molecule has 0 saturated carbocycles. The topological polar surface area (TPSA) is 58.6 Å². The lowest BCUT2D eigenvalue weighted by atomic mass is 10.1. The maximum absolute atomic E-state index is 13.1. The van der Waals surface area contributed by atoms with Gasteiger partial charge in [0.15, 0.2) is 11.6 Å². The van der Waals surface area contributed by atoms with Crippen LogP contribution in [0.15, 0.2) is 42.5 Å². The summed E-state index contributed by atoms with van der Waals surface area (Å²) < 4.78 is 31.4. The smallest absolute Gasteiger partial charge is 0.251 e. The summed E-state index contributed by atoms with van der Waals surface area (Å²) in [6.45, 7) is 3.22. The Labute approximate surface area is 132 Å². The minimum Gasteiger partial charge on any atom is -0.457 e. The van der Waals surface area contributed by atoms with Crippen molar-refractivity contribution in [2.75, 3.05) is 6.61 Å². The number of halogens is 2. The molecule has 6 heteroatoms. The molecule has 0 radical (unpaired) electrons. The standard InChI is InChI=1S/C17H17F2NO3/c1-17(2,10-21)20-16(22)11-3-5-12(6-4-11)23-13-7-8-14(18)15(19)9-13/h3-9,21H,10H2,1-2H3,(H,20,22). The fourth-order valence-electron chi connectivity index (χ4n) is 1.77. The van der Waals surface area contributed by atoms with Crippen molar-refractivity contribution in [1.82, 2.24) is 5.32 Å². The van der Waals surface area contributed by atoms with E-state index in [-0.39, 0.29) is 18.3 Å². The highest BCUT2D eigenvalue weighted by Crippen LogP contribution is 2.23. The molecule has 23 heavy (non-hydrogen) atoms. The predicted molar refractivity (Wildman–Crippen MR) is 81.5 cm³/mol. The number of aliphatic hydroxyl groups excluding tert-OH is 1. The van der Waals surface area contributed by atoms with Crippen molar-refractivity contribution in [2.45, 2.75) is 19.4 Å². The third-order valence-electron chi connectivity index (χ3n) is 3.09.